The smallest absolute Gasteiger partial charge is 0.278 e. The predicted octanol–water partition coefficient (Wildman–Crippen LogP) is 4.74. The van der Waals surface area contributed by atoms with E-state index in [0.717, 1.165) is 12.1 Å². The Morgan fingerprint density at radius 2 is 1.89 bits per heavy atom. The number of nitrogens with zero attached hydrogens (tertiary/aromatic N) is 6. The standard InChI is InChI=1S/C24H13ClF2N6O2/c25-13-4-7-18-19(9-13)32(11-15-3-1-2-8-28-15)24(34)21-20(29-12-33(18)21)22-30-23(35-31-22)16-6-5-14(26)10-17(16)27/h1-10,12H,11H2. The van der Waals surface area contributed by atoms with Gasteiger partial charge in [0, 0.05) is 17.3 Å². The summed E-state index contributed by atoms with van der Waals surface area (Å²) in [4.78, 5) is 26.6. The number of imidazole rings is 1. The summed E-state index contributed by atoms with van der Waals surface area (Å²) in [7, 11) is 0. The molecule has 0 radical (unpaired) electrons. The molecule has 0 atom stereocenters. The quantitative estimate of drug-likeness (QED) is 0.354. The van der Waals surface area contributed by atoms with Crippen molar-refractivity contribution >= 4 is 28.2 Å². The summed E-state index contributed by atoms with van der Waals surface area (Å²) in [5, 5.41) is 4.36. The molecule has 0 bridgehead atoms. The Kier molecular flexibility index (Phi) is 4.89. The van der Waals surface area contributed by atoms with Crippen molar-refractivity contribution in [3.8, 4) is 23.0 Å². The van der Waals surface area contributed by atoms with Crippen LogP contribution in [-0.4, -0.2) is 29.1 Å². The minimum atomic E-state index is -0.851. The molecular formula is C24H13ClF2N6O2. The van der Waals surface area contributed by atoms with Crippen LogP contribution in [0.1, 0.15) is 5.69 Å². The van der Waals surface area contributed by atoms with E-state index in [1.54, 1.807) is 39.4 Å². The molecule has 4 heterocycles. The average molecular weight is 491 g/mol. The Labute approximate surface area is 200 Å². The molecule has 8 nitrogen and oxygen atoms in total. The Hall–Kier alpha value is -4.44. The van der Waals surface area contributed by atoms with Gasteiger partial charge in [-0.25, -0.2) is 13.8 Å². The van der Waals surface area contributed by atoms with E-state index in [-0.39, 0.29) is 40.6 Å². The zero-order valence-corrected chi connectivity index (χ0v) is 18.4. The van der Waals surface area contributed by atoms with E-state index < -0.39 is 11.6 Å². The van der Waals surface area contributed by atoms with Crippen LogP contribution in [0.25, 0.3) is 39.5 Å². The fourth-order valence-corrected chi connectivity index (χ4v) is 4.12. The number of hydrogen-bond donors (Lipinski definition) is 0. The van der Waals surface area contributed by atoms with E-state index in [0.29, 0.717) is 21.7 Å². The minimum absolute atomic E-state index is 0.0129. The van der Waals surface area contributed by atoms with Gasteiger partial charge >= 0.3 is 0 Å². The Morgan fingerprint density at radius 1 is 1.00 bits per heavy atom. The third kappa shape index (κ3) is 3.55. The normalized spacial score (nSPS) is 11.5. The largest absolute Gasteiger partial charge is 0.333 e. The lowest BCUT2D eigenvalue weighted by Crippen LogP contribution is -2.24. The fraction of sp³-hybridized carbons (Fsp3) is 0.0417. The Bertz CT molecular complexity index is 1800. The number of aromatic nitrogens is 6. The summed E-state index contributed by atoms with van der Waals surface area (Å²) in [6, 6.07) is 13.6. The molecule has 6 rings (SSSR count). The maximum Gasteiger partial charge on any atom is 0.278 e. The van der Waals surface area contributed by atoms with Crippen LogP contribution in [0.4, 0.5) is 8.78 Å². The summed E-state index contributed by atoms with van der Waals surface area (Å²) in [6.45, 7) is 0.190. The molecule has 0 amide bonds. The molecule has 0 saturated heterocycles. The number of benzene rings is 2. The summed E-state index contributed by atoms with van der Waals surface area (Å²) in [5.74, 6) is -1.76. The summed E-state index contributed by atoms with van der Waals surface area (Å²) < 4.78 is 35.9. The molecule has 0 spiro atoms. The van der Waals surface area contributed by atoms with Gasteiger partial charge in [0.05, 0.1) is 28.8 Å². The number of halogens is 3. The van der Waals surface area contributed by atoms with Crippen LogP contribution < -0.4 is 5.56 Å². The molecule has 0 saturated carbocycles. The topological polar surface area (TPSA) is 91.1 Å². The number of rotatable bonds is 4. The maximum absolute atomic E-state index is 14.2. The molecular weight excluding hydrogens is 478 g/mol. The third-order valence-corrected chi connectivity index (χ3v) is 5.78. The fourth-order valence-electron chi connectivity index (χ4n) is 3.96. The van der Waals surface area contributed by atoms with Gasteiger partial charge in [0.1, 0.15) is 29.2 Å². The highest BCUT2D eigenvalue weighted by Gasteiger charge is 2.22. The van der Waals surface area contributed by atoms with Crippen molar-refractivity contribution in [1.29, 1.82) is 0 Å². The lowest BCUT2D eigenvalue weighted by atomic mass is 10.2. The predicted molar refractivity (Wildman–Crippen MR) is 124 cm³/mol. The van der Waals surface area contributed by atoms with Crippen LogP contribution in [0.15, 0.2) is 76.4 Å². The Morgan fingerprint density at radius 3 is 2.69 bits per heavy atom. The summed E-state index contributed by atoms with van der Waals surface area (Å²) in [5.41, 5.74) is 1.84. The van der Waals surface area contributed by atoms with E-state index in [1.165, 1.54) is 12.4 Å². The van der Waals surface area contributed by atoms with Gasteiger partial charge in [-0.1, -0.05) is 22.8 Å². The van der Waals surface area contributed by atoms with Crippen molar-refractivity contribution in [2.75, 3.05) is 0 Å². The summed E-state index contributed by atoms with van der Waals surface area (Å²) in [6.07, 6.45) is 3.12. The first-order valence-corrected chi connectivity index (χ1v) is 10.8. The maximum atomic E-state index is 14.2. The first-order valence-electron chi connectivity index (χ1n) is 10.4. The molecule has 4 aromatic heterocycles. The van der Waals surface area contributed by atoms with Gasteiger partial charge in [0.25, 0.3) is 11.4 Å². The van der Waals surface area contributed by atoms with E-state index in [9.17, 15) is 13.6 Å². The van der Waals surface area contributed by atoms with Crippen molar-refractivity contribution in [3.63, 3.8) is 0 Å². The molecule has 35 heavy (non-hydrogen) atoms. The van der Waals surface area contributed by atoms with E-state index in [1.807, 2.05) is 12.1 Å². The van der Waals surface area contributed by atoms with Crippen LogP contribution in [0.3, 0.4) is 0 Å². The van der Waals surface area contributed by atoms with E-state index in [2.05, 4.69) is 20.1 Å². The second-order valence-corrected chi connectivity index (χ2v) is 8.14. The highest BCUT2D eigenvalue weighted by molar-refractivity contribution is 6.31. The Balaban J connectivity index is 1.57. The second kappa shape index (κ2) is 8.10. The van der Waals surface area contributed by atoms with Gasteiger partial charge in [0.2, 0.25) is 5.82 Å². The minimum Gasteiger partial charge on any atom is -0.333 e. The van der Waals surface area contributed by atoms with Gasteiger partial charge in [-0.15, -0.1) is 0 Å². The highest BCUT2D eigenvalue weighted by Crippen LogP contribution is 2.28. The monoisotopic (exact) mass is 490 g/mol. The van der Waals surface area contributed by atoms with Gasteiger partial charge in [-0.3, -0.25) is 18.7 Å². The van der Waals surface area contributed by atoms with Gasteiger partial charge in [0.15, 0.2) is 0 Å². The highest BCUT2D eigenvalue weighted by atomic mass is 35.5. The number of pyridine rings is 1. The molecule has 11 heteroatoms. The van der Waals surface area contributed by atoms with Crippen LogP contribution in [0.2, 0.25) is 5.02 Å². The van der Waals surface area contributed by atoms with Crippen molar-refractivity contribution in [3.05, 3.63) is 99.8 Å². The molecule has 0 fully saturated rings. The van der Waals surface area contributed by atoms with Crippen molar-refractivity contribution in [2.24, 2.45) is 0 Å². The first-order chi connectivity index (χ1) is 17.0. The molecule has 2 aromatic carbocycles. The lowest BCUT2D eigenvalue weighted by molar-refractivity contribution is 0.429. The molecule has 6 aromatic rings. The SMILES string of the molecule is O=c1c2c(-c3noc(-c4ccc(F)cc4F)n3)ncn2c2ccc(Cl)cc2n1Cc1ccccn1. The van der Waals surface area contributed by atoms with Gasteiger partial charge in [-0.2, -0.15) is 4.98 Å². The molecule has 0 aliphatic heterocycles. The van der Waals surface area contributed by atoms with Gasteiger partial charge < -0.3 is 4.52 Å². The first kappa shape index (κ1) is 21.1. The zero-order valence-electron chi connectivity index (χ0n) is 17.7. The summed E-state index contributed by atoms with van der Waals surface area (Å²) >= 11 is 6.24. The van der Waals surface area contributed by atoms with E-state index in [4.69, 9.17) is 16.1 Å². The third-order valence-electron chi connectivity index (χ3n) is 5.55. The number of hydrogen-bond acceptors (Lipinski definition) is 6. The van der Waals surface area contributed by atoms with Crippen LogP contribution in [0.5, 0.6) is 0 Å². The molecule has 172 valence electrons. The molecule has 0 unspecified atom stereocenters. The van der Waals surface area contributed by atoms with Crippen LogP contribution in [0, 0.1) is 11.6 Å². The molecule has 0 N–H and O–H groups in total. The average Bonchev–Trinajstić information content (AvgIpc) is 3.50. The van der Waals surface area contributed by atoms with Gasteiger partial charge in [-0.05, 0) is 42.5 Å². The zero-order chi connectivity index (χ0) is 24.1. The second-order valence-electron chi connectivity index (χ2n) is 7.70. The van der Waals surface area contributed by atoms with Crippen LogP contribution >= 0.6 is 11.6 Å². The van der Waals surface area contributed by atoms with E-state index >= 15 is 0 Å². The van der Waals surface area contributed by atoms with Crippen LogP contribution in [-0.2, 0) is 6.54 Å². The number of fused-ring (bicyclic) bond motifs is 3. The van der Waals surface area contributed by atoms with Crippen molar-refractivity contribution in [1.82, 2.24) is 29.1 Å². The molecule has 0 aliphatic carbocycles. The van der Waals surface area contributed by atoms with Crippen molar-refractivity contribution in [2.45, 2.75) is 6.54 Å². The molecule has 0 aliphatic rings. The lowest BCUT2D eigenvalue weighted by Gasteiger charge is -2.12. The van der Waals surface area contributed by atoms with Crippen molar-refractivity contribution < 1.29 is 13.3 Å².